The van der Waals surface area contributed by atoms with Gasteiger partial charge in [-0.25, -0.2) is 0 Å². The number of hydrogen-bond donors (Lipinski definition) is 1. The standard InChI is InChI=1S/C14H16ClNS/c1-14(11-15,13-5-3-2-4-6-13)16-9-12-7-8-17-10-12/h2-8,10,16H,9,11H2,1H3. The number of thiophene rings is 1. The van der Waals surface area contributed by atoms with Gasteiger partial charge in [-0.1, -0.05) is 30.3 Å². The van der Waals surface area contributed by atoms with E-state index in [1.165, 1.54) is 11.1 Å². The zero-order valence-electron chi connectivity index (χ0n) is 9.82. The molecule has 1 nitrogen and oxygen atoms in total. The average molecular weight is 266 g/mol. The van der Waals surface area contributed by atoms with Gasteiger partial charge < -0.3 is 5.32 Å². The summed E-state index contributed by atoms with van der Waals surface area (Å²) < 4.78 is 0. The molecule has 0 amide bonds. The van der Waals surface area contributed by atoms with E-state index in [9.17, 15) is 0 Å². The van der Waals surface area contributed by atoms with E-state index in [1.807, 2.05) is 18.2 Å². The highest BCUT2D eigenvalue weighted by Gasteiger charge is 2.24. The summed E-state index contributed by atoms with van der Waals surface area (Å²) in [6, 6.07) is 12.5. The van der Waals surface area contributed by atoms with Crippen LogP contribution in [0.25, 0.3) is 0 Å². The molecule has 1 atom stereocenters. The monoisotopic (exact) mass is 265 g/mol. The van der Waals surface area contributed by atoms with Crippen molar-refractivity contribution in [1.82, 2.24) is 5.32 Å². The minimum absolute atomic E-state index is 0.176. The third kappa shape index (κ3) is 3.09. The van der Waals surface area contributed by atoms with E-state index in [4.69, 9.17) is 11.6 Å². The highest BCUT2D eigenvalue weighted by atomic mass is 35.5. The smallest absolute Gasteiger partial charge is 0.0545 e. The first-order valence-electron chi connectivity index (χ1n) is 5.62. The molecule has 1 aromatic carbocycles. The van der Waals surface area contributed by atoms with Crippen LogP contribution in [-0.4, -0.2) is 5.88 Å². The molecule has 0 bridgehead atoms. The van der Waals surface area contributed by atoms with Gasteiger partial charge in [-0.15, -0.1) is 11.6 Å². The van der Waals surface area contributed by atoms with Crippen LogP contribution in [0.2, 0.25) is 0 Å². The van der Waals surface area contributed by atoms with E-state index >= 15 is 0 Å². The van der Waals surface area contributed by atoms with Crippen LogP contribution in [0.15, 0.2) is 47.2 Å². The summed E-state index contributed by atoms with van der Waals surface area (Å²) in [6.45, 7) is 2.99. The lowest BCUT2D eigenvalue weighted by atomic mass is 9.94. The van der Waals surface area contributed by atoms with E-state index in [0.717, 1.165) is 6.54 Å². The molecule has 0 saturated heterocycles. The van der Waals surface area contributed by atoms with E-state index in [0.29, 0.717) is 5.88 Å². The van der Waals surface area contributed by atoms with Crippen molar-refractivity contribution in [2.24, 2.45) is 0 Å². The molecule has 17 heavy (non-hydrogen) atoms. The van der Waals surface area contributed by atoms with Crippen LogP contribution in [0.3, 0.4) is 0 Å². The Morgan fingerprint density at radius 3 is 2.59 bits per heavy atom. The molecule has 90 valence electrons. The topological polar surface area (TPSA) is 12.0 Å². The van der Waals surface area contributed by atoms with E-state index < -0.39 is 0 Å². The second-order valence-corrected chi connectivity index (χ2v) is 5.36. The van der Waals surface area contributed by atoms with Gasteiger partial charge in [0.25, 0.3) is 0 Å². The van der Waals surface area contributed by atoms with Crippen LogP contribution in [0.1, 0.15) is 18.1 Å². The largest absolute Gasteiger partial charge is 0.302 e. The maximum atomic E-state index is 6.12. The average Bonchev–Trinajstić information content (AvgIpc) is 2.90. The molecule has 2 rings (SSSR count). The fraction of sp³-hybridized carbons (Fsp3) is 0.286. The summed E-state index contributed by atoms with van der Waals surface area (Å²) >= 11 is 7.84. The SMILES string of the molecule is CC(CCl)(NCc1ccsc1)c1ccccc1. The maximum Gasteiger partial charge on any atom is 0.0545 e. The summed E-state index contributed by atoms with van der Waals surface area (Å²) in [4.78, 5) is 0. The molecule has 0 radical (unpaired) electrons. The van der Waals surface area contributed by atoms with Crippen molar-refractivity contribution in [3.05, 3.63) is 58.3 Å². The summed E-state index contributed by atoms with van der Waals surface area (Å²) in [5.74, 6) is 0.557. The van der Waals surface area contributed by atoms with E-state index in [1.54, 1.807) is 11.3 Å². The lowest BCUT2D eigenvalue weighted by Gasteiger charge is -2.29. The maximum absolute atomic E-state index is 6.12. The Morgan fingerprint density at radius 1 is 1.24 bits per heavy atom. The highest BCUT2D eigenvalue weighted by molar-refractivity contribution is 7.07. The van der Waals surface area contributed by atoms with Crippen molar-refractivity contribution >= 4 is 22.9 Å². The van der Waals surface area contributed by atoms with Crippen molar-refractivity contribution in [1.29, 1.82) is 0 Å². The molecular formula is C14H16ClNS. The van der Waals surface area contributed by atoms with Crippen molar-refractivity contribution in [3.63, 3.8) is 0 Å². The van der Waals surface area contributed by atoms with Gasteiger partial charge in [-0.2, -0.15) is 11.3 Å². The van der Waals surface area contributed by atoms with Gasteiger partial charge in [0, 0.05) is 12.4 Å². The minimum Gasteiger partial charge on any atom is -0.302 e. The summed E-state index contributed by atoms with van der Waals surface area (Å²) in [7, 11) is 0. The fourth-order valence-corrected chi connectivity index (χ4v) is 2.64. The molecule has 3 heteroatoms. The van der Waals surface area contributed by atoms with Gasteiger partial charge in [0.15, 0.2) is 0 Å². The predicted molar refractivity (Wildman–Crippen MR) is 75.7 cm³/mol. The van der Waals surface area contributed by atoms with E-state index in [2.05, 4.69) is 41.2 Å². The predicted octanol–water partition coefficient (Wildman–Crippen LogP) is 3.99. The highest BCUT2D eigenvalue weighted by Crippen LogP contribution is 2.23. The molecular weight excluding hydrogens is 250 g/mol. The summed E-state index contributed by atoms with van der Waals surface area (Å²) in [6.07, 6.45) is 0. The number of alkyl halides is 1. The molecule has 0 aliphatic carbocycles. The van der Waals surface area contributed by atoms with Crippen LogP contribution in [-0.2, 0) is 12.1 Å². The van der Waals surface area contributed by atoms with Crippen LogP contribution in [0, 0.1) is 0 Å². The van der Waals surface area contributed by atoms with Crippen LogP contribution in [0.5, 0.6) is 0 Å². The zero-order valence-corrected chi connectivity index (χ0v) is 11.4. The number of rotatable bonds is 5. The molecule has 0 saturated carbocycles. The lowest BCUT2D eigenvalue weighted by Crippen LogP contribution is -2.40. The Kier molecular flexibility index (Phi) is 4.21. The van der Waals surface area contributed by atoms with Gasteiger partial charge in [0.1, 0.15) is 0 Å². The molecule has 1 heterocycles. The van der Waals surface area contributed by atoms with Gasteiger partial charge in [-0.05, 0) is 34.9 Å². The Labute approximate surface area is 111 Å². The third-order valence-electron chi connectivity index (χ3n) is 2.94. The molecule has 1 N–H and O–H groups in total. The van der Waals surface area contributed by atoms with Gasteiger partial charge in [0.2, 0.25) is 0 Å². The van der Waals surface area contributed by atoms with Crippen molar-refractivity contribution in [2.75, 3.05) is 5.88 Å². The second kappa shape index (κ2) is 5.67. The first-order valence-corrected chi connectivity index (χ1v) is 7.10. The molecule has 1 aromatic heterocycles. The Bertz CT molecular complexity index is 441. The second-order valence-electron chi connectivity index (χ2n) is 4.32. The van der Waals surface area contributed by atoms with Crippen LogP contribution < -0.4 is 5.32 Å². The number of benzene rings is 1. The van der Waals surface area contributed by atoms with Crippen molar-refractivity contribution in [3.8, 4) is 0 Å². The molecule has 0 spiro atoms. The van der Waals surface area contributed by atoms with Gasteiger partial charge in [0.05, 0.1) is 5.54 Å². The first kappa shape index (κ1) is 12.6. The lowest BCUT2D eigenvalue weighted by molar-refractivity contribution is 0.407. The molecule has 1 unspecified atom stereocenters. The number of hydrogen-bond acceptors (Lipinski definition) is 2. The first-order chi connectivity index (χ1) is 8.24. The summed E-state index contributed by atoms with van der Waals surface area (Å²) in [5.41, 5.74) is 2.36. The summed E-state index contributed by atoms with van der Waals surface area (Å²) in [5, 5.41) is 7.79. The van der Waals surface area contributed by atoms with Crippen LogP contribution >= 0.6 is 22.9 Å². The van der Waals surface area contributed by atoms with Crippen molar-refractivity contribution < 1.29 is 0 Å². The normalized spacial score (nSPS) is 14.5. The Balaban J connectivity index is 2.09. The van der Waals surface area contributed by atoms with Crippen LogP contribution in [0.4, 0.5) is 0 Å². The fourth-order valence-electron chi connectivity index (χ4n) is 1.72. The molecule has 0 aliphatic rings. The van der Waals surface area contributed by atoms with Crippen molar-refractivity contribution in [2.45, 2.75) is 19.0 Å². The number of nitrogens with one attached hydrogen (secondary N) is 1. The van der Waals surface area contributed by atoms with Gasteiger partial charge in [-0.3, -0.25) is 0 Å². The Hall–Kier alpha value is -0.830. The number of halogens is 1. The minimum atomic E-state index is -0.176. The quantitative estimate of drug-likeness (QED) is 0.806. The van der Waals surface area contributed by atoms with Gasteiger partial charge >= 0.3 is 0 Å². The van der Waals surface area contributed by atoms with E-state index in [-0.39, 0.29) is 5.54 Å². The Morgan fingerprint density at radius 2 is 2.00 bits per heavy atom. The molecule has 0 aliphatic heterocycles. The zero-order chi connectivity index (χ0) is 12.1. The third-order valence-corrected chi connectivity index (χ3v) is 4.21. The molecule has 2 aromatic rings. The molecule has 0 fully saturated rings.